The number of nitriles is 1. The van der Waals surface area contributed by atoms with Crippen molar-refractivity contribution < 1.29 is 14.3 Å². The van der Waals surface area contributed by atoms with Crippen LogP contribution < -0.4 is 15.5 Å². The summed E-state index contributed by atoms with van der Waals surface area (Å²) in [7, 11) is 0. The highest BCUT2D eigenvalue weighted by Crippen LogP contribution is 2.35. The zero-order chi connectivity index (χ0) is 24.2. The van der Waals surface area contributed by atoms with Gasteiger partial charge in [0.1, 0.15) is 6.10 Å². The maximum Gasteiger partial charge on any atom is 0.414 e. The molecule has 5 rings (SSSR count). The van der Waals surface area contributed by atoms with E-state index >= 15 is 0 Å². The molecule has 3 aromatic carbocycles. The van der Waals surface area contributed by atoms with E-state index in [1.807, 2.05) is 48.5 Å². The van der Waals surface area contributed by atoms with Gasteiger partial charge in [-0.3, -0.25) is 9.69 Å². The molecule has 0 radical (unpaired) electrons. The summed E-state index contributed by atoms with van der Waals surface area (Å²) < 4.78 is 5.57. The molecule has 1 saturated heterocycles. The van der Waals surface area contributed by atoms with Gasteiger partial charge >= 0.3 is 6.09 Å². The molecule has 1 atom stereocenters. The number of amides is 2. The summed E-state index contributed by atoms with van der Waals surface area (Å²) in [6.07, 6.45) is 0.135. The highest BCUT2D eigenvalue weighted by atomic mass is 32.2. The van der Waals surface area contributed by atoms with Crippen molar-refractivity contribution in [2.45, 2.75) is 24.0 Å². The van der Waals surface area contributed by atoms with Gasteiger partial charge in [0.2, 0.25) is 5.91 Å². The summed E-state index contributed by atoms with van der Waals surface area (Å²) >= 11 is 1.49. The number of thioether (sulfide) groups is 1. The Morgan fingerprint density at radius 3 is 2.77 bits per heavy atom. The summed E-state index contributed by atoms with van der Waals surface area (Å²) in [6.45, 7) is 1.88. The number of hydrogen-bond acceptors (Lipinski definition) is 6. The average molecular weight is 485 g/mol. The monoisotopic (exact) mass is 484 g/mol. The molecule has 2 heterocycles. The van der Waals surface area contributed by atoms with Gasteiger partial charge in [0, 0.05) is 17.1 Å². The van der Waals surface area contributed by atoms with Crippen LogP contribution in [0.2, 0.25) is 0 Å². The summed E-state index contributed by atoms with van der Waals surface area (Å²) in [5.74, 6) is 0.375. The first-order valence-electron chi connectivity index (χ1n) is 11.4. The van der Waals surface area contributed by atoms with Crippen LogP contribution in [0.1, 0.15) is 17.5 Å². The second-order valence-corrected chi connectivity index (χ2v) is 9.51. The quantitative estimate of drug-likeness (QED) is 0.469. The molecule has 176 valence electrons. The fourth-order valence-electron chi connectivity index (χ4n) is 4.25. The summed E-state index contributed by atoms with van der Waals surface area (Å²) in [4.78, 5) is 26.8. The minimum absolute atomic E-state index is 0.0335. The first-order valence-corrected chi connectivity index (χ1v) is 12.4. The number of cyclic esters (lactones) is 1. The molecule has 0 aromatic heterocycles. The van der Waals surface area contributed by atoms with Gasteiger partial charge in [-0.15, -0.1) is 11.8 Å². The van der Waals surface area contributed by atoms with Crippen molar-refractivity contribution in [3.8, 4) is 17.2 Å². The molecule has 2 aliphatic rings. The van der Waals surface area contributed by atoms with Gasteiger partial charge in [-0.05, 0) is 66.1 Å². The molecule has 1 fully saturated rings. The Labute approximate surface area is 208 Å². The van der Waals surface area contributed by atoms with Crippen LogP contribution in [-0.2, 0) is 16.1 Å². The lowest BCUT2D eigenvalue weighted by atomic mass is 10.0. The van der Waals surface area contributed by atoms with Gasteiger partial charge in [0.25, 0.3) is 0 Å². The number of nitrogens with one attached hydrogen (secondary N) is 2. The predicted molar refractivity (Wildman–Crippen MR) is 136 cm³/mol. The van der Waals surface area contributed by atoms with Crippen molar-refractivity contribution in [2.75, 3.05) is 29.1 Å². The van der Waals surface area contributed by atoms with Crippen LogP contribution in [0.5, 0.6) is 0 Å². The molecular weight excluding hydrogens is 460 g/mol. The predicted octanol–water partition coefficient (Wildman–Crippen LogP) is 4.77. The SMILES string of the molecule is N#Cc1cccc(-c2cccc(CNCCC3CN(c4ccc5c(c4)NC(=O)CS5)C(=O)O3)c2)c1. The average Bonchev–Trinajstić information content (AvgIpc) is 3.26. The van der Waals surface area contributed by atoms with E-state index in [2.05, 4.69) is 28.8 Å². The summed E-state index contributed by atoms with van der Waals surface area (Å²) in [6, 6.07) is 23.7. The van der Waals surface area contributed by atoms with Gasteiger partial charge in [0.05, 0.1) is 29.6 Å². The van der Waals surface area contributed by atoms with Gasteiger partial charge in [-0.25, -0.2) is 4.79 Å². The van der Waals surface area contributed by atoms with Gasteiger partial charge < -0.3 is 15.4 Å². The Hall–Kier alpha value is -3.80. The molecule has 1 unspecified atom stereocenters. The Kier molecular flexibility index (Phi) is 6.70. The lowest BCUT2D eigenvalue weighted by Crippen LogP contribution is -2.26. The molecule has 2 amide bonds. The molecule has 0 aliphatic carbocycles. The molecule has 2 aliphatic heterocycles. The fraction of sp³-hybridized carbons (Fsp3) is 0.222. The van der Waals surface area contributed by atoms with Gasteiger partial charge in [0.15, 0.2) is 0 Å². The maximum atomic E-state index is 12.5. The number of carbonyl (C=O) groups is 2. The van der Waals surface area contributed by atoms with Crippen molar-refractivity contribution in [3.63, 3.8) is 0 Å². The number of anilines is 2. The van der Waals surface area contributed by atoms with E-state index in [1.165, 1.54) is 11.8 Å². The summed E-state index contributed by atoms with van der Waals surface area (Å²) in [5.41, 5.74) is 5.34. The highest BCUT2D eigenvalue weighted by molar-refractivity contribution is 8.00. The van der Waals surface area contributed by atoms with E-state index in [-0.39, 0.29) is 18.1 Å². The van der Waals surface area contributed by atoms with Crippen LogP contribution in [-0.4, -0.2) is 36.9 Å². The second kappa shape index (κ2) is 10.2. The van der Waals surface area contributed by atoms with Gasteiger partial charge in [-0.2, -0.15) is 5.26 Å². The number of rotatable bonds is 7. The van der Waals surface area contributed by atoms with E-state index in [0.717, 1.165) is 33.0 Å². The molecule has 3 aromatic rings. The minimum Gasteiger partial charge on any atom is -0.444 e. The van der Waals surface area contributed by atoms with E-state index < -0.39 is 0 Å². The van der Waals surface area contributed by atoms with Crippen molar-refractivity contribution in [1.29, 1.82) is 5.26 Å². The number of carbonyl (C=O) groups excluding carboxylic acids is 2. The number of ether oxygens (including phenoxy) is 1. The Morgan fingerprint density at radius 1 is 1.09 bits per heavy atom. The largest absolute Gasteiger partial charge is 0.444 e. The Morgan fingerprint density at radius 2 is 1.91 bits per heavy atom. The van der Waals surface area contributed by atoms with E-state index in [1.54, 1.807) is 11.0 Å². The van der Waals surface area contributed by atoms with Crippen LogP contribution in [0.4, 0.5) is 16.2 Å². The van der Waals surface area contributed by atoms with Crippen molar-refractivity contribution >= 4 is 35.1 Å². The topological polar surface area (TPSA) is 94.5 Å². The molecule has 35 heavy (non-hydrogen) atoms. The Balaban J connectivity index is 1.14. The number of hydrogen-bond donors (Lipinski definition) is 2. The number of fused-ring (bicyclic) bond motifs is 1. The fourth-order valence-corrected chi connectivity index (χ4v) is 5.04. The third kappa shape index (κ3) is 5.32. The molecular formula is C27H24N4O3S. The normalized spacial score (nSPS) is 16.9. The lowest BCUT2D eigenvalue weighted by Gasteiger charge is -2.20. The first kappa shape index (κ1) is 23.0. The van der Waals surface area contributed by atoms with Crippen LogP contribution >= 0.6 is 11.8 Å². The van der Waals surface area contributed by atoms with Crippen LogP contribution in [0.25, 0.3) is 11.1 Å². The lowest BCUT2D eigenvalue weighted by molar-refractivity contribution is -0.113. The summed E-state index contributed by atoms with van der Waals surface area (Å²) in [5, 5.41) is 15.4. The third-order valence-electron chi connectivity index (χ3n) is 6.01. The first-order chi connectivity index (χ1) is 17.1. The maximum absolute atomic E-state index is 12.5. The van der Waals surface area contributed by atoms with Crippen LogP contribution in [0, 0.1) is 11.3 Å². The van der Waals surface area contributed by atoms with Crippen LogP contribution in [0.15, 0.2) is 71.6 Å². The minimum atomic E-state index is -0.364. The standard InChI is InChI=1S/C27H24N4O3S/c28-14-18-3-1-5-20(11-18)21-6-2-4-19(12-21)15-29-10-9-23-16-31(27(33)34-23)22-7-8-25-24(13-22)30-26(32)17-35-25/h1-8,11-13,23,29H,9-10,15-17H2,(H,30,32). The van der Waals surface area contributed by atoms with E-state index in [4.69, 9.17) is 10.00 Å². The molecule has 0 spiro atoms. The van der Waals surface area contributed by atoms with Crippen molar-refractivity contribution in [3.05, 3.63) is 77.9 Å². The Bertz CT molecular complexity index is 1320. The molecule has 8 heteroatoms. The third-order valence-corrected chi connectivity index (χ3v) is 7.08. The second-order valence-electron chi connectivity index (χ2n) is 8.49. The molecule has 0 bridgehead atoms. The zero-order valence-electron chi connectivity index (χ0n) is 19.0. The highest BCUT2D eigenvalue weighted by Gasteiger charge is 2.32. The zero-order valence-corrected chi connectivity index (χ0v) is 19.8. The number of benzene rings is 3. The van der Waals surface area contributed by atoms with E-state index in [9.17, 15) is 9.59 Å². The molecule has 7 nitrogen and oxygen atoms in total. The molecule has 2 N–H and O–H groups in total. The van der Waals surface area contributed by atoms with Crippen molar-refractivity contribution in [1.82, 2.24) is 5.32 Å². The molecule has 0 saturated carbocycles. The van der Waals surface area contributed by atoms with E-state index in [0.29, 0.717) is 37.4 Å². The van der Waals surface area contributed by atoms with Crippen LogP contribution in [0.3, 0.4) is 0 Å². The smallest absolute Gasteiger partial charge is 0.414 e. The number of nitrogens with zero attached hydrogens (tertiary/aromatic N) is 2. The van der Waals surface area contributed by atoms with Gasteiger partial charge in [-0.1, -0.05) is 30.3 Å². The van der Waals surface area contributed by atoms with Crippen molar-refractivity contribution in [2.24, 2.45) is 0 Å².